The first-order chi connectivity index (χ1) is 7.22. The number of pyridine rings is 1. The van der Waals surface area contributed by atoms with Gasteiger partial charge in [-0.2, -0.15) is 0 Å². The van der Waals surface area contributed by atoms with E-state index in [9.17, 15) is 9.90 Å². The molecule has 0 unspecified atom stereocenters. The first-order valence-corrected chi connectivity index (χ1v) is 4.69. The van der Waals surface area contributed by atoms with E-state index in [4.69, 9.17) is 4.74 Å². The molecule has 0 aromatic carbocycles. The Morgan fingerprint density at radius 1 is 1.53 bits per heavy atom. The third-order valence-corrected chi connectivity index (χ3v) is 2.17. The molecule has 78 valence electrons. The van der Waals surface area contributed by atoms with Crippen LogP contribution in [0.1, 0.15) is 17.3 Å². The molecule has 4 heteroatoms. The summed E-state index contributed by atoms with van der Waals surface area (Å²) >= 11 is 0. The second-order valence-electron chi connectivity index (χ2n) is 3.15. The number of ether oxygens (including phenoxy) is 1. The van der Waals surface area contributed by atoms with E-state index < -0.39 is 5.97 Å². The van der Waals surface area contributed by atoms with Crippen LogP contribution in [0.5, 0.6) is 5.75 Å². The van der Waals surface area contributed by atoms with Gasteiger partial charge in [0.1, 0.15) is 5.75 Å². The highest BCUT2D eigenvalue weighted by Crippen LogP contribution is 2.31. The van der Waals surface area contributed by atoms with E-state index in [0.29, 0.717) is 17.7 Å². The molecular formula is C11H11NO3. The quantitative estimate of drug-likeness (QED) is 0.737. The topological polar surface area (TPSA) is 62.3 Å². The Labute approximate surface area is 86.8 Å². The number of nitrogens with one attached hydrogen (secondary N) is 1. The van der Waals surface area contributed by atoms with Crippen molar-refractivity contribution in [1.29, 1.82) is 0 Å². The molecule has 2 N–H and O–H groups in total. The van der Waals surface area contributed by atoms with Crippen LogP contribution in [-0.2, 0) is 4.74 Å². The third kappa shape index (κ3) is 1.66. The van der Waals surface area contributed by atoms with Crippen LogP contribution in [0.2, 0.25) is 0 Å². The van der Waals surface area contributed by atoms with Crippen LogP contribution in [0.15, 0.2) is 24.4 Å². The van der Waals surface area contributed by atoms with E-state index in [2.05, 4.69) is 4.98 Å². The Kier molecular flexibility index (Phi) is 2.33. The second-order valence-corrected chi connectivity index (χ2v) is 3.15. The lowest BCUT2D eigenvalue weighted by molar-refractivity contribution is 0.0526. The SMILES string of the molecule is CCOC(=O)c1c[nH]c2ccc(O)c-2c1. The van der Waals surface area contributed by atoms with Crippen molar-refractivity contribution in [3.8, 4) is 17.0 Å². The summed E-state index contributed by atoms with van der Waals surface area (Å²) in [6, 6.07) is 4.94. The fraction of sp³-hybridized carbons (Fsp3) is 0.182. The van der Waals surface area contributed by atoms with Crippen LogP contribution >= 0.6 is 0 Å². The number of aromatic hydroxyl groups is 1. The van der Waals surface area contributed by atoms with E-state index in [1.165, 1.54) is 0 Å². The van der Waals surface area contributed by atoms with Gasteiger partial charge in [0, 0.05) is 17.5 Å². The van der Waals surface area contributed by atoms with Crippen molar-refractivity contribution in [1.82, 2.24) is 4.98 Å². The smallest absolute Gasteiger partial charge is 0.339 e. The largest absolute Gasteiger partial charge is 0.507 e. The lowest BCUT2D eigenvalue weighted by Crippen LogP contribution is -2.05. The van der Waals surface area contributed by atoms with Gasteiger partial charge in [-0.3, -0.25) is 0 Å². The van der Waals surface area contributed by atoms with Gasteiger partial charge in [-0.25, -0.2) is 4.79 Å². The predicted molar refractivity (Wildman–Crippen MR) is 55.0 cm³/mol. The molecule has 0 radical (unpaired) electrons. The van der Waals surface area contributed by atoms with Gasteiger partial charge >= 0.3 is 5.97 Å². The van der Waals surface area contributed by atoms with E-state index in [1.807, 2.05) is 0 Å². The Balaban J connectivity index is 2.42. The molecule has 0 atom stereocenters. The minimum atomic E-state index is -0.392. The highest BCUT2D eigenvalue weighted by molar-refractivity contribution is 5.91. The molecule has 0 bridgehead atoms. The highest BCUT2D eigenvalue weighted by Gasteiger charge is 2.13. The Hall–Kier alpha value is -1.97. The molecule has 0 saturated heterocycles. The lowest BCUT2D eigenvalue weighted by Gasteiger charge is -2.05. The highest BCUT2D eigenvalue weighted by atomic mass is 16.5. The first kappa shape index (κ1) is 9.58. The summed E-state index contributed by atoms with van der Waals surface area (Å²) in [5, 5.41) is 9.48. The molecule has 0 fully saturated rings. The Morgan fingerprint density at radius 3 is 3.07 bits per heavy atom. The number of aromatic amines is 1. The Morgan fingerprint density at radius 2 is 2.33 bits per heavy atom. The van der Waals surface area contributed by atoms with Crippen LogP contribution in [-0.4, -0.2) is 22.7 Å². The summed E-state index contributed by atoms with van der Waals surface area (Å²) in [5.74, 6) is -0.233. The number of hydrogen-bond acceptors (Lipinski definition) is 3. The third-order valence-electron chi connectivity index (χ3n) is 2.17. The molecule has 1 aliphatic carbocycles. The van der Waals surface area contributed by atoms with Crippen molar-refractivity contribution in [2.45, 2.75) is 6.92 Å². The second kappa shape index (κ2) is 3.65. The van der Waals surface area contributed by atoms with E-state index in [0.717, 1.165) is 5.69 Å². The van der Waals surface area contributed by atoms with Crippen molar-refractivity contribution in [2.75, 3.05) is 6.61 Å². The summed E-state index contributed by atoms with van der Waals surface area (Å²) in [7, 11) is 0. The number of rotatable bonds is 2. The maximum absolute atomic E-state index is 11.4. The minimum Gasteiger partial charge on any atom is -0.507 e. The standard InChI is InChI=1S/C11H11NO3/c1-2-15-11(14)7-5-8-9(12-6-7)3-4-10(8)13/h3-6,12-13H,2H2,1H3. The van der Waals surface area contributed by atoms with Crippen LogP contribution in [0, 0.1) is 0 Å². The molecule has 0 aromatic rings. The molecule has 15 heavy (non-hydrogen) atoms. The molecular weight excluding hydrogens is 194 g/mol. The minimum absolute atomic E-state index is 0.160. The molecule has 4 nitrogen and oxygen atoms in total. The van der Waals surface area contributed by atoms with Crippen molar-refractivity contribution < 1.29 is 14.6 Å². The molecule has 1 aliphatic heterocycles. The van der Waals surface area contributed by atoms with Gasteiger partial charge in [0.25, 0.3) is 0 Å². The van der Waals surface area contributed by atoms with E-state index in [1.54, 1.807) is 31.3 Å². The fourth-order valence-electron chi connectivity index (χ4n) is 1.44. The van der Waals surface area contributed by atoms with E-state index >= 15 is 0 Å². The maximum Gasteiger partial charge on any atom is 0.339 e. The molecule has 2 aliphatic rings. The summed E-state index contributed by atoms with van der Waals surface area (Å²) in [5.41, 5.74) is 1.83. The van der Waals surface area contributed by atoms with Crippen LogP contribution in [0.25, 0.3) is 11.3 Å². The predicted octanol–water partition coefficient (Wildman–Crippen LogP) is 2.00. The monoisotopic (exact) mass is 205 g/mol. The number of esters is 1. The van der Waals surface area contributed by atoms with Gasteiger partial charge in [-0.1, -0.05) is 0 Å². The number of fused-ring (bicyclic) bond motifs is 1. The van der Waals surface area contributed by atoms with Gasteiger partial charge in [-0.15, -0.1) is 0 Å². The zero-order valence-corrected chi connectivity index (χ0v) is 8.28. The van der Waals surface area contributed by atoms with Crippen LogP contribution in [0.3, 0.4) is 0 Å². The molecule has 0 aromatic heterocycles. The van der Waals surface area contributed by atoms with Gasteiger partial charge < -0.3 is 14.8 Å². The molecule has 0 spiro atoms. The number of carbonyl (C=O) groups is 1. The van der Waals surface area contributed by atoms with Gasteiger partial charge in [0.15, 0.2) is 0 Å². The van der Waals surface area contributed by atoms with Crippen molar-refractivity contribution in [3.05, 3.63) is 30.0 Å². The Bertz CT molecular complexity index is 461. The number of H-pyrrole nitrogens is 1. The van der Waals surface area contributed by atoms with Crippen LogP contribution in [0.4, 0.5) is 0 Å². The van der Waals surface area contributed by atoms with Crippen molar-refractivity contribution in [2.24, 2.45) is 0 Å². The van der Waals surface area contributed by atoms with Crippen LogP contribution < -0.4 is 0 Å². The summed E-state index contributed by atoms with van der Waals surface area (Å²) in [6.45, 7) is 2.09. The average molecular weight is 205 g/mol. The molecule has 2 rings (SSSR count). The van der Waals surface area contributed by atoms with E-state index in [-0.39, 0.29) is 5.75 Å². The zero-order chi connectivity index (χ0) is 10.8. The summed E-state index contributed by atoms with van der Waals surface area (Å²) in [4.78, 5) is 14.3. The maximum atomic E-state index is 11.4. The number of carbonyl (C=O) groups excluding carboxylic acids is 1. The van der Waals surface area contributed by atoms with Crippen molar-refractivity contribution >= 4 is 5.97 Å². The van der Waals surface area contributed by atoms with Gasteiger partial charge in [-0.05, 0) is 25.1 Å². The fourth-order valence-corrected chi connectivity index (χ4v) is 1.44. The average Bonchev–Trinajstić information content (AvgIpc) is 2.60. The normalized spacial score (nSPS) is 10.5. The van der Waals surface area contributed by atoms with Crippen molar-refractivity contribution in [3.63, 3.8) is 0 Å². The molecule has 1 heterocycles. The van der Waals surface area contributed by atoms with Gasteiger partial charge in [0.2, 0.25) is 0 Å². The lowest BCUT2D eigenvalue weighted by atomic mass is 10.1. The molecule has 0 saturated carbocycles. The van der Waals surface area contributed by atoms with Gasteiger partial charge in [0.05, 0.1) is 12.2 Å². The summed E-state index contributed by atoms with van der Waals surface area (Å²) < 4.78 is 4.85. The zero-order valence-electron chi connectivity index (χ0n) is 8.28. The first-order valence-electron chi connectivity index (χ1n) is 4.69. The number of aromatic nitrogens is 1. The number of hydrogen-bond donors (Lipinski definition) is 2. The molecule has 0 amide bonds. The summed E-state index contributed by atoms with van der Waals surface area (Å²) in [6.07, 6.45) is 1.57.